The second-order valence-corrected chi connectivity index (χ2v) is 9.57. The summed E-state index contributed by atoms with van der Waals surface area (Å²) >= 11 is 0. The van der Waals surface area contributed by atoms with Crippen molar-refractivity contribution in [2.45, 2.75) is 31.4 Å². The molecule has 0 spiro atoms. The zero-order valence-electron chi connectivity index (χ0n) is 15.2. The summed E-state index contributed by atoms with van der Waals surface area (Å²) in [6.45, 7) is 0.991. The molecule has 1 N–H and O–H groups in total. The van der Waals surface area contributed by atoms with E-state index in [2.05, 4.69) is 4.98 Å². The number of nitro groups is 1. The van der Waals surface area contributed by atoms with Crippen molar-refractivity contribution in [3.63, 3.8) is 0 Å². The summed E-state index contributed by atoms with van der Waals surface area (Å²) < 4.78 is 29.6. The maximum absolute atomic E-state index is 13.3. The molecule has 2 saturated heterocycles. The zero-order valence-corrected chi connectivity index (χ0v) is 16.0. The molecule has 2 aliphatic rings. The molecule has 0 aliphatic carbocycles. The molecule has 3 heterocycles. The Morgan fingerprint density at radius 2 is 2.18 bits per heavy atom. The number of H-pyrrole nitrogens is 1. The summed E-state index contributed by atoms with van der Waals surface area (Å²) in [5.74, 6) is -0.246. The molecule has 9 nitrogen and oxygen atoms in total. The molecule has 10 heteroatoms. The summed E-state index contributed by atoms with van der Waals surface area (Å²) in [6, 6.07) is 3.91. The number of nitrogens with zero attached hydrogens (tertiary/aromatic N) is 2. The minimum absolute atomic E-state index is 0.0424. The monoisotopic (exact) mass is 407 g/mol. The number of aromatic nitrogens is 1. The number of fused-ring (bicyclic) bond motifs is 1. The van der Waals surface area contributed by atoms with E-state index in [0.29, 0.717) is 36.0 Å². The number of carbonyl (C=O) groups excluding carboxylic acids is 1. The molecule has 2 aliphatic heterocycles. The van der Waals surface area contributed by atoms with Crippen molar-refractivity contribution in [3.05, 3.63) is 40.1 Å². The van der Waals surface area contributed by atoms with Crippen LogP contribution in [0.15, 0.2) is 24.4 Å². The molecule has 1 amide bonds. The van der Waals surface area contributed by atoms with Gasteiger partial charge in [-0.1, -0.05) is 0 Å². The molecule has 2 atom stereocenters. The highest BCUT2D eigenvalue weighted by Crippen LogP contribution is 2.28. The van der Waals surface area contributed by atoms with Crippen LogP contribution in [0.3, 0.4) is 0 Å². The van der Waals surface area contributed by atoms with Crippen LogP contribution in [0, 0.1) is 10.1 Å². The SMILES string of the molecule is O=C(c1c[nH]c2cc([N+](=O)[O-])ccc12)N(C[C@@H]1CCCO1)[C@H]1CCS(=O)(=O)C1. The fourth-order valence-electron chi connectivity index (χ4n) is 3.99. The van der Waals surface area contributed by atoms with Gasteiger partial charge in [0, 0.05) is 42.9 Å². The predicted molar refractivity (Wildman–Crippen MR) is 102 cm³/mol. The highest BCUT2D eigenvalue weighted by Gasteiger charge is 2.37. The Labute approximate surface area is 161 Å². The Balaban J connectivity index is 1.66. The number of amides is 1. The summed E-state index contributed by atoms with van der Waals surface area (Å²) in [6.07, 6.45) is 3.60. The van der Waals surface area contributed by atoms with E-state index in [4.69, 9.17) is 4.74 Å². The van der Waals surface area contributed by atoms with Crippen LogP contribution < -0.4 is 0 Å². The fourth-order valence-corrected chi connectivity index (χ4v) is 5.72. The first kappa shape index (κ1) is 18.9. The highest BCUT2D eigenvalue weighted by atomic mass is 32.2. The second kappa shape index (κ2) is 7.17. The molecule has 2 fully saturated rings. The Morgan fingerprint density at radius 3 is 2.82 bits per heavy atom. The first-order valence-electron chi connectivity index (χ1n) is 9.22. The molecular weight excluding hydrogens is 386 g/mol. The smallest absolute Gasteiger partial charge is 0.271 e. The van der Waals surface area contributed by atoms with E-state index in [1.807, 2.05) is 0 Å². The van der Waals surface area contributed by atoms with Gasteiger partial charge < -0.3 is 14.6 Å². The van der Waals surface area contributed by atoms with Gasteiger partial charge in [0.25, 0.3) is 11.6 Å². The predicted octanol–water partition coefficient (Wildman–Crippen LogP) is 1.88. The molecule has 0 bridgehead atoms. The molecule has 4 rings (SSSR count). The summed E-state index contributed by atoms with van der Waals surface area (Å²) in [5.41, 5.74) is 0.812. The largest absolute Gasteiger partial charge is 0.376 e. The van der Waals surface area contributed by atoms with Crippen molar-refractivity contribution in [2.24, 2.45) is 0 Å². The molecule has 1 aromatic carbocycles. The number of aromatic amines is 1. The van der Waals surface area contributed by atoms with Crippen LogP contribution in [0.4, 0.5) is 5.69 Å². The van der Waals surface area contributed by atoms with E-state index in [0.717, 1.165) is 12.8 Å². The van der Waals surface area contributed by atoms with E-state index in [1.165, 1.54) is 18.3 Å². The zero-order chi connectivity index (χ0) is 19.9. The topological polar surface area (TPSA) is 123 Å². The quantitative estimate of drug-likeness (QED) is 0.596. The van der Waals surface area contributed by atoms with Gasteiger partial charge in [0.2, 0.25) is 0 Å². The highest BCUT2D eigenvalue weighted by molar-refractivity contribution is 7.91. The number of nitro benzene ring substituents is 1. The molecule has 150 valence electrons. The maximum atomic E-state index is 13.3. The lowest BCUT2D eigenvalue weighted by Crippen LogP contribution is -2.45. The van der Waals surface area contributed by atoms with Crippen molar-refractivity contribution in [1.29, 1.82) is 0 Å². The maximum Gasteiger partial charge on any atom is 0.271 e. The normalized spacial score (nSPS) is 23.9. The summed E-state index contributed by atoms with van der Waals surface area (Å²) in [5, 5.41) is 11.5. The van der Waals surface area contributed by atoms with E-state index in [-0.39, 0.29) is 35.2 Å². The first-order valence-corrected chi connectivity index (χ1v) is 11.0. The van der Waals surface area contributed by atoms with Gasteiger partial charge in [0.15, 0.2) is 9.84 Å². The van der Waals surface area contributed by atoms with Crippen LogP contribution in [0.2, 0.25) is 0 Å². The van der Waals surface area contributed by atoms with Gasteiger partial charge in [-0.2, -0.15) is 0 Å². The fraction of sp³-hybridized carbons (Fsp3) is 0.500. The average Bonchev–Trinajstić information content (AvgIpc) is 3.38. The number of ether oxygens (including phenoxy) is 1. The van der Waals surface area contributed by atoms with Crippen LogP contribution in [-0.4, -0.2) is 65.9 Å². The third kappa shape index (κ3) is 3.61. The average molecular weight is 407 g/mol. The summed E-state index contributed by atoms with van der Waals surface area (Å²) in [7, 11) is -3.15. The minimum atomic E-state index is -3.15. The number of sulfone groups is 1. The van der Waals surface area contributed by atoms with Crippen LogP contribution in [0.1, 0.15) is 29.6 Å². The van der Waals surface area contributed by atoms with E-state index in [1.54, 1.807) is 11.0 Å². The number of non-ortho nitro benzene ring substituents is 1. The van der Waals surface area contributed by atoms with Gasteiger partial charge in [0.1, 0.15) is 0 Å². The van der Waals surface area contributed by atoms with Crippen LogP contribution in [0.25, 0.3) is 10.9 Å². The van der Waals surface area contributed by atoms with E-state index < -0.39 is 14.8 Å². The van der Waals surface area contributed by atoms with Crippen molar-refractivity contribution in [2.75, 3.05) is 24.7 Å². The Kier molecular flexibility index (Phi) is 4.84. The van der Waals surface area contributed by atoms with Crippen molar-refractivity contribution in [3.8, 4) is 0 Å². The lowest BCUT2D eigenvalue weighted by molar-refractivity contribution is -0.384. The standard InChI is InChI=1S/C18H21N3O6S/c22-18(16-9-19-17-8-12(21(23)24)3-4-15(16)17)20(10-14-2-1-6-27-14)13-5-7-28(25,26)11-13/h3-4,8-9,13-14,19H,1-2,5-7,10-11H2/t13-,14-/m0/s1. The first-order chi connectivity index (χ1) is 13.3. The number of hydrogen-bond donors (Lipinski definition) is 1. The van der Waals surface area contributed by atoms with E-state index >= 15 is 0 Å². The van der Waals surface area contributed by atoms with Gasteiger partial charge in [0.05, 0.1) is 33.6 Å². The van der Waals surface area contributed by atoms with Gasteiger partial charge >= 0.3 is 0 Å². The van der Waals surface area contributed by atoms with Gasteiger partial charge in [-0.25, -0.2) is 8.42 Å². The third-order valence-corrected chi connectivity index (χ3v) is 7.19. The Bertz CT molecular complexity index is 1030. The summed E-state index contributed by atoms with van der Waals surface area (Å²) in [4.78, 5) is 28.4. The molecule has 0 unspecified atom stereocenters. The van der Waals surface area contributed by atoms with E-state index in [9.17, 15) is 23.3 Å². The Morgan fingerprint density at radius 1 is 1.36 bits per heavy atom. The van der Waals surface area contributed by atoms with Crippen LogP contribution in [-0.2, 0) is 14.6 Å². The van der Waals surface area contributed by atoms with Crippen LogP contribution in [0.5, 0.6) is 0 Å². The molecule has 1 aromatic heterocycles. The lowest BCUT2D eigenvalue weighted by atomic mass is 10.1. The molecule has 28 heavy (non-hydrogen) atoms. The van der Waals surface area contributed by atoms with Crippen LogP contribution >= 0.6 is 0 Å². The number of hydrogen-bond acceptors (Lipinski definition) is 6. The molecule has 0 radical (unpaired) electrons. The molecule has 0 saturated carbocycles. The van der Waals surface area contributed by atoms with Crippen molar-refractivity contribution >= 4 is 32.3 Å². The van der Waals surface area contributed by atoms with Crippen molar-refractivity contribution < 1.29 is 22.9 Å². The minimum Gasteiger partial charge on any atom is -0.376 e. The lowest BCUT2D eigenvalue weighted by Gasteiger charge is -2.30. The van der Waals surface area contributed by atoms with Gasteiger partial charge in [-0.15, -0.1) is 0 Å². The number of nitrogens with one attached hydrogen (secondary N) is 1. The molecule has 2 aromatic rings. The van der Waals surface area contributed by atoms with Gasteiger partial charge in [-0.05, 0) is 25.3 Å². The number of benzene rings is 1. The van der Waals surface area contributed by atoms with Gasteiger partial charge in [-0.3, -0.25) is 14.9 Å². The van der Waals surface area contributed by atoms with Crippen molar-refractivity contribution in [1.82, 2.24) is 9.88 Å². The second-order valence-electron chi connectivity index (χ2n) is 7.34. The number of carbonyl (C=O) groups is 1. The molecular formula is C18H21N3O6S. The number of rotatable bonds is 5. The Hall–Kier alpha value is -2.46. The third-order valence-electron chi connectivity index (χ3n) is 5.44.